The first-order valence-electron chi connectivity index (χ1n) is 9.17. The summed E-state index contributed by atoms with van der Waals surface area (Å²) in [6.45, 7) is 2.01. The van der Waals surface area contributed by atoms with Crippen LogP contribution in [-0.2, 0) is 5.54 Å². The molecule has 2 heteroatoms. The molecule has 0 aliphatic rings. The standard InChI is InChI=1S/C25H22N2/c1-20-12-11-19-24(26-20)27-25(21-13-5-2-6-14-21,22-15-7-3-8-16-22)23-17-9-4-10-18-23/h2-19H,1H3,(H,26,27). The van der Waals surface area contributed by atoms with Crippen LogP contribution in [0.15, 0.2) is 109 Å². The van der Waals surface area contributed by atoms with Crippen molar-refractivity contribution in [1.29, 1.82) is 0 Å². The van der Waals surface area contributed by atoms with Crippen LogP contribution in [0.25, 0.3) is 0 Å². The molecule has 0 aliphatic carbocycles. The summed E-state index contributed by atoms with van der Waals surface area (Å²) in [5.74, 6) is 0.853. The normalized spacial score (nSPS) is 11.1. The van der Waals surface area contributed by atoms with Gasteiger partial charge in [-0.15, -0.1) is 0 Å². The third kappa shape index (κ3) is 3.34. The Bertz CT molecular complexity index is 899. The second-order valence-electron chi connectivity index (χ2n) is 6.64. The Balaban J connectivity index is 2.00. The zero-order valence-corrected chi connectivity index (χ0v) is 15.3. The highest BCUT2D eigenvalue weighted by molar-refractivity contribution is 5.58. The molecule has 4 rings (SSSR count). The molecular formula is C25H22N2. The molecule has 0 spiro atoms. The smallest absolute Gasteiger partial charge is 0.127 e. The van der Waals surface area contributed by atoms with E-state index in [4.69, 9.17) is 4.98 Å². The van der Waals surface area contributed by atoms with E-state index in [0.717, 1.165) is 11.5 Å². The van der Waals surface area contributed by atoms with Gasteiger partial charge in [0.15, 0.2) is 0 Å². The molecule has 2 nitrogen and oxygen atoms in total. The van der Waals surface area contributed by atoms with Gasteiger partial charge in [0.1, 0.15) is 11.4 Å². The van der Waals surface area contributed by atoms with Crippen molar-refractivity contribution in [2.75, 3.05) is 5.32 Å². The summed E-state index contributed by atoms with van der Waals surface area (Å²) in [6, 6.07) is 37.8. The summed E-state index contributed by atoms with van der Waals surface area (Å²) in [5.41, 5.74) is 3.97. The average molecular weight is 350 g/mol. The zero-order valence-electron chi connectivity index (χ0n) is 15.3. The van der Waals surface area contributed by atoms with Crippen LogP contribution in [-0.4, -0.2) is 4.98 Å². The van der Waals surface area contributed by atoms with E-state index in [1.165, 1.54) is 16.7 Å². The van der Waals surface area contributed by atoms with Crippen molar-refractivity contribution in [2.45, 2.75) is 12.5 Å². The quantitative estimate of drug-likeness (QED) is 0.461. The summed E-state index contributed by atoms with van der Waals surface area (Å²) >= 11 is 0. The molecule has 4 aromatic rings. The number of hydrogen-bond acceptors (Lipinski definition) is 2. The Kier molecular flexibility index (Phi) is 4.71. The molecule has 1 aromatic heterocycles. The minimum absolute atomic E-state index is 0.537. The predicted octanol–water partition coefficient (Wildman–Crippen LogP) is 5.79. The second kappa shape index (κ2) is 7.46. The molecule has 0 atom stereocenters. The van der Waals surface area contributed by atoms with Crippen LogP contribution >= 0.6 is 0 Å². The maximum Gasteiger partial charge on any atom is 0.127 e. The third-order valence-corrected chi connectivity index (χ3v) is 4.82. The van der Waals surface area contributed by atoms with Gasteiger partial charge < -0.3 is 5.32 Å². The van der Waals surface area contributed by atoms with Gasteiger partial charge in [-0.3, -0.25) is 0 Å². The van der Waals surface area contributed by atoms with Gasteiger partial charge in [-0.25, -0.2) is 4.98 Å². The van der Waals surface area contributed by atoms with Crippen molar-refractivity contribution in [3.05, 3.63) is 132 Å². The number of aryl methyl sites for hydroxylation is 1. The van der Waals surface area contributed by atoms with E-state index < -0.39 is 5.54 Å². The van der Waals surface area contributed by atoms with Gasteiger partial charge in [-0.2, -0.15) is 0 Å². The topological polar surface area (TPSA) is 24.9 Å². The van der Waals surface area contributed by atoms with Crippen LogP contribution in [0.4, 0.5) is 5.82 Å². The third-order valence-electron chi connectivity index (χ3n) is 4.82. The van der Waals surface area contributed by atoms with Gasteiger partial charge in [0.2, 0.25) is 0 Å². The number of hydrogen-bond donors (Lipinski definition) is 1. The van der Waals surface area contributed by atoms with Gasteiger partial charge in [-0.05, 0) is 35.7 Å². The van der Waals surface area contributed by atoms with Crippen molar-refractivity contribution >= 4 is 5.82 Å². The largest absolute Gasteiger partial charge is 0.353 e. The molecule has 0 radical (unpaired) electrons. The lowest BCUT2D eigenvalue weighted by Gasteiger charge is -2.37. The fraction of sp³-hybridized carbons (Fsp3) is 0.0800. The number of nitrogens with one attached hydrogen (secondary N) is 1. The molecule has 1 heterocycles. The van der Waals surface area contributed by atoms with Gasteiger partial charge in [0, 0.05) is 5.69 Å². The molecule has 0 unspecified atom stereocenters. The molecule has 0 fully saturated rings. The maximum absolute atomic E-state index is 4.72. The highest BCUT2D eigenvalue weighted by Gasteiger charge is 2.36. The van der Waals surface area contributed by atoms with E-state index >= 15 is 0 Å². The SMILES string of the molecule is Cc1cccc(NC(c2ccccc2)(c2ccccc2)c2ccccc2)n1. The molecule has 0 bridgehead atoms. The first-order valence-corrected chi connectivity index (χ1v) is 9.17. The fourth-order valence-electron chi connectivity index (χ4n) is 3.59. The molecule has 1 N–H and O–H groups in total. The average Bonchev–Trinajstić information content (AvgIpc) is 2.74. The fourth-order valence-corrected chi connectivity index (χ4v) is 3.59. The van der Waals surface area contributed by atoms with E-state index in [1.54, 1.807) is 0 Å². The first-order chi connectivity index (χ1) is 13.3. The molecule has 132 valence electrons. The minimum atomic E-state index is -0.537. The number of pyridine rings is 1. The highest BCUT2D eigenvalue weighted by atomic mass is 15.1. The van der Waals surface area contributed by atoms with Crippen molar-refractivity contribution in [3.63, 3.8) is 0 Å². The van der Waals surface area contributed by atoms with E-state index in [1.807, 2.05) is 25.1 Å². The summed E-state index contributed by atoms with van der Waals surface area (Å²) in [6.07, 6.45) is 0. The van der Waals surface area contributed by atoms with Crippen molar-refractivity contribution in [2.24, 2.45) is 0 Å². The van der Waals surface area contributed by atoms with Crippen LogP contribution in [0, 0.1) is 6.92 Å². The lowest BCUT2D eigenvalue weighted by atomic mass is 9.77. The zero-order chi connectivity index (χ0) is 18.5. The number of anilines is 1. The Labute approximate surface area is 160 Å². The van der Waals surface area contributed by atoms with Crippen molar-refractivity contribution < 1.29 is 0 Å². The number of rotatable bonds is 5. The maximum atomic E-state index is 4.72. The van der Waals surface area contributed by atoms with Crippen LogP contribution in [0.3, 0.4) is 0 Å². The molecule has 0 aliphatic heterocycles. The molecule has 0 saturated carbocycles. The van der Waals surface area contributed by atoms with Crippen molar-refractivity contribution in [1.82, 2.24) is 4.98 Å². The van der Waals surface area contributed by atoms with E-state index in [2.05, 4.69) is 96.3 Å². The van der Waals surface area contributed by atoms with Crippen molar-refractivity contribution in [3.8, 4) is 0 Å². The van der Waals surface area contributed by atoms with Gasteiger partial charge in [0.05, 0.1) is 0 Å². The summed E-state index contributed by atoms with van der Waals surface area (Å²) < 4.78 is 0. The lowest BCUT2D eigenvalue weighted by molar-refractivity contribution is 0.706. The van der Waals surface area contributed by atoms with Gasteiger partial charge >= 0.3 is 0 Å². The summed E-state index contributed by atoms with van der Waals surface area (Å²) in [7, 11) is 0. The Hall–Kier alpha value is -3.39. The van der Waals surface area contributed by atoms with Crippen LogP contribution in [0.1, 0.15) is 22.4 Å². The molecule has 27 heavy (non-hydrogen) atoms. The molecular weight excluding hydrogens is 328 g/mol. The lowest BCUT2D eigenvalue weighted by Crippen LogP contribution is -2.38. The van der Waals surface area contributed by atoms with Gasteiger partial charge in [-0.1, -0.05) is 97.1 Å². The summed E-state index contributed by atoms with van der Waals surface area (Å²) in [5, 5.41) is 3.77. The van der Waals surface area contributed by atoms with E-state index in [0.29, 0.717) is 0 Å². The molecule has 0 saturated heterocycles. The van der Waals surface area contributed by atoms with E-state index in [-0.39, 0.29) is 0 Å². The van der Waals surface area contributed by atoms with E-state index in [9.17, 15) is 0 Å². The Morgan fingerprint density at radius 1 is 0.556 bits per heavy atom. The first kappa shape index (κ1) is 17.0. The number of nitrogens with zero attached hydrogens (tertiary/aromatic N) is 1. The summed E-state index contributed by atoms with van der Waals surface area (Å²) in [4.78, 5) is 4.72. The van der Waals surface area contributed by atoms with Crippen LogP contribution < -0.4 is 5.32 Å². The highest BCUT2D eigenvalue weighted by Crippen LogP contribution is 2.39. The van der Waals surface area contributed by atoms with Crippen LogP contribution in [0.5, 0.6) is 0 Å². The van der Waals surface area contributed by atoms with Gasteiger partial charge in [0.25, 0.3) is 0 Å². The molecule has 0 amide bonds. The van der Waals surface area contributed by atoms with Crippen LogP contribution in [0.2, 0.25) is 0 Å². The minimum Gasteiger partial charge on any atom is -0.353 e. The Morgan fingerprint density at radius 2 is 1.00 bits per heavy atom. The predicted molar refractivity (Wildman–Crippen MR) is 112 cm³/mol. The Morgan fingerprint density at radius 3 is 1.41 bits per heavy atom. The monoisotopic (exact) mass is 350 g/mol. The molecule has 3 aromatic carbocycles. The number of aromatic nitrogens is 1. The second-order valence-corrected chi connectivity index (χ2v) is 6.64. The number of benzene rings is 3.